The molecular weight excluding hydrogens is 261 g/mol. The zero-order chi connectivity index (χ0) is 15.0. The lowest BCUT2D eigenvalue weighted by Gasteiger charge is -2.25. The van der Waals surface area contributed by atoms with E-state index in [4.69, 9.17) is 9.47 Å². The van der Waals surface area contributed by atoms with Crippen molar-refractivity contribution in [2.24, 2.45) is 0 Å². The first-order chi connectivity index (χ1) is 9.60. The van der Waals surface area contributed by atoms with Crippen LogP contribution in [0.5, 0.6) is 0 Å². The SMILES string of the molecule is COCCCN(CCOC)c1ccc(C(C)=O)cc1F. The lowest BCUT2D eigenvalue weighted by atomic mass is 10.1. The lowest BCUT2D eigenvalue weighted by molar-refractivity contribution is 0.101. The van der Waals surface area contributed by atoms with Crippen molar-refractivity contribution in [3.05, 3.63) is 29.6 Å². The van der Waals surface area contributed by atoms with E-state index in [0.29, 0.717) is 37.6 Å². The highest BCUT2D eigenvalue weighted by atomic mass is 19.1. The van der Waals surface area contributed by atoms with E-state index in [2.05, 4.69) is 0 Å². The summed E-state index contributed by atoms with van der Waals surface area (Å²) in [5, 5.41) is 0. The third-order valence-electron chi connectivity index (χ3n) is 3.04. The maximum Gasteiger partial charge on any atom is 0.159 e. The molecule has 0 atom stereocenters. The molecule has 0 fully saturated rings. The molecule has 1 aromatic rings. The fourth-order valence-electron chi connectivity index (χ4n) is 1.94. The summed E-state index contributed by atoms with van der Waals surface area (Å²) in [5.41, 5.74) is 0.873. The van der Waals surface area contributed by atoms with Crippen LogP contribution >= 0.6 is 0 Å². The maximum absolute atomic E-state index is 14.1. The molecule has 112 valence electrons. The van der Waals surface area contributed by atoms with Crippen LogP contribution in [0.4, 0.5) is 10.1 Å². The quantitative estimate of drug-likeness (QED) is 0.515. The Labute approximate surface area is 119 Å². The van der Waals surface area contributed by atoms with Gasteiger partial charge in [-0.25, -0.2) is 4.39 Å². The molecular formula is C15H22FNO3. The van der Waals surface area contributed by atoms with E-state index >= 15 is 0 Å². The van der Waals surface area contributed by atoms with Crippen LogP contribution in [-0.2, 0) is 9.47 Å². The Morgan fingerprint density at radius 2 is 1.90 bits per heavy atom. The number of carbonyl (C=O) groups is 1. The number of ketones is 1. The van der Waals surface area contributed by atoms with Gasteiger partial charge in [0.1, 0.15) is 5.82 Å². The summed E-state index contributed by atoms with van der Waals surface area (Å²) in [5.74, 6) is -0.524. The molecule has 0 heterocycles. The van der Waals surface area contributed by atoms with Crippen molar-refractivity contribution in [1.29, 1.82) is 0 Å². The number of methoxy groups -OCH3 is 2. The number of benzene rings is 1. The van der Waals surface area contributed by atoms with Gasteiger partial charge in [-0.2, -0.15) is 0 Å². The zero-order valence-corrected chi connectivity index (χ0v) is 12.3. The molecule has 0 amide bonds. The van der Waals surface area contributed by atoms with Gasteiger partial charge in [0, 0.05) is 39.5 Å². The first-order valence-corrected chi connectivity index (χ1v) is 6.63. The van der Waals surface area contributed by atoms with Gasteiger partial charge in [0.25, 0.3) is 0 Å². The van der Waals surface area contributed by atoms with E-state index in [-0.39, 0.29) is 11.6 Å². The highest BCUT2D eigenvalue weighted by Crippen LogP contribution is 2.21. The largest absolute Gasteiger partial charge is 0.385 e. The second kappa shape index (κ2) is 8.66. The molecule has 0 spiro atoms. The number of rotatable bonds is 9. The highest BCUT2D eigenvalue weighted by molar-refractivity contribution is 5.94. The summed E-state index contributed by atoms with van der Waals surface area (Å²) in [4.78, 5) is 13.1. The minimum absolute atomic E-state index is 0.140. The molecule has 0 aliphatic rings. The Balaban J connectivity index is 2.85. The average Bonchev–Trinajstić information content (AvgIpc) is 2.43. The smallest absolute Gasteiger partial charge is 0.159 e. The fourth-order valence-corrected chi connectivity index (χ4v) is 1.94. The van der Waals surface area contributed by atoms with Gasteiger partial charge >= 0.3 is 0 Å². The second-order valence-electron chi connectivity index (χ2n) is 4.55. The molecule has 5 heteroatoms. The summed E-state index contributed by atoms with van der Waals surface area (Å²) >= 11 is 0. The van der Waals surface area contributed by atoms with E-state index in [0.717, 1.165) is 6.42 Å². The molecule has 0 aliphatic heterocycles. The van der Waals surface area contributed by atoms with Gasteiger partial charge in [-0.1, -0.05) is 0 Å². The van der Waals surface area contributed by atoms with Crippen LogP contribution in [0.3, 0.4) is 0 Å². The number of carbonyl (C=O) groups excluding carboxylic acids is 1. The maximum atomic E-state index is 14.1. The summed E-state index contributed by atoms with van der Waals surface area (Å²) < 4.78 is 24.2. The van der Waals surface area contributed by atoms with Gasteiger partial charge < -0.3 is 14.4 Å². The first kappa shape index (κ1) is 16.6. The van der Waals surface area contributed by atoms with E-state index in [1.54, 1.807) is 26.4 Å². The first-order valence-electron chi connectivity index (χ1n) is 6.63. The van der Waals surface area contributed by atoms with Gasteiger partial charge in [-0.15, -0.1) is 0 Å². The number of anilines is 1. The summed E-state index contributed by atoms with van der Waals surface area (Å²) in [7, 11) is 3.25. The Morgan fingerprint density at radius 1 is 1.20 bits per heavy atom. The number of hydrogen-bond acceptors (Lipinski definition) is 4. The molecule has 1 aromatic carbocycles. The minimum Gasteiger partial charge on any atom is -0.385 e. The van der Waals surface area contributed by atoms with Gasteiger partial charge in [0.2, 0.25) is 0 Å². The highest BCUT2D eigenvalue weighted by Gasteiger charge is 2.13. The molecule has 0 bridgehead atoms. The van der Waals surface area contributed by atoms with Gasteiger partial charge in [-0.05, 0) is 31.5 Å². The van der Waals surface area contributed by atoms with Crippen LogP contribution in [0.15, 0.2) is 18.2 Å². The number of hydrogen-bond donors (Lipinski definition) is 0. The molecule has 0 aliphatic carbocycles. The third-order valence-corrected chi connectivity index (χ3v) is 3.04. The lowest BCUT2D eigenvalue weighted by Crippen LogP contribution is -2.29. The van der Waals surface area contributed by atoms with Gasteiger partial charge in [0.15, 0.2) is 5.78 Å². The van der Waals surface area contributed by atoms with E-state index in [1.165, 1.54) is 13.0 Å². The molecule has 1 rings (SSSR count). The summed E-state index contributed by atoms with van der Waals surface area (Å²) in [6.07, 6.45) is 0.800. The van der Waals surface area contributed by atoms with Crippen LogP contribution in [0, 0.1) is 5.82 Å². The Hall–Kier alpha value is -1.46. The summed E-state index contributed by atoms with van der Waals surface area (Å²) in [6, 6.07) is 4.58. The second-order valence-corrected chi connectivity index (χ2v) is 4.55. The van der Waals surface area contributed by atoms with Crippen LogP contribution in [0.1, 0.15) is 23.7 Å². The summed E-state index contributed by atoms with van der Waals surface area (Å²) in [6.45, 7) is 3.83. The topological polar surface area (TPSA) is 38.8 Å². The molecule has 0 N–H and O–H groups in total. The number of Topliss-reactive ketones (excluding diaryl/α,β-unsaturated/α-hetero) is 1. The number of nitrogens with zero attached hydrogens (tertiary/aromatic N) is 1. The number of halogens is 1. The minimum atomic E-state index is -0.383. The predicted molar refractivity (Wildman–Crippen MR) is 77.0 cm³/mol. The monoisotopic (exact) mass is 283 g/mol. The molecule has 4 nitrogen and oxygen atoms in total. The standard InChI is InChI=1S/C15H22FNO3/c1-12(18)13-5-6-15(14(16)11-13)17(8-10-20-3)7-4-9-19-2/h5-6,11H,4,7-10H2,1-3H3. The number of ether oxygens (including phenoxy) is 2. The van der Waals surface area contributed by atoms with Crippen molar-refractivity contribution in [2.45, 2.75) is 13.3 Å². The van der Waals surface area contributed by atoms with Crippen LogP contribution < -0.4 is 4.90 Å². The van der Waals surface area contributed by atoms with Crippen LogP contribution in [-0.4, -0.2) is 46.3 Å². The van der Waals surface area contributed by atoms with Crippen molar-refractivity contribution in [2.75, 3.05) is 45.4 Å². The predicted octanol–water partition coefficient (Wildman–Crippen LogP) is 2.52. The van der Waals surface area contributed by atoms with E-state index < -0.39 is 0 Å². The normalized spacial score (nSPS) is 10.6. The van der Waals surface area contributed by atoms with Gasteiger partial charge in [0.05, 0.1) is 12.3 Å². The van der Waals surface area contributed by atoms with Crippen LogP contribution in [0.25, 0.3) is 0 Å². The fraction of sp³-hybridized carbons (Fsp3) is 0.533. The van der Waals surface area contributed by atoms with Crippen molar-refractivity contribution in [1.82, 2.24) is 0 Å². The van der Waals surface area contributed by atoms with Crippen molar-refractivity contribution >= 4 is 11.5 Å². The molecule has 0 saturated heterocycles. The molecule has 0 radical (unpaired) electrons. The van der Waals surface area contributed by atoms with Gasteiger partial charge in [-0.3, -0.25) is 4.79 Å². The molecule has 0 aromatic heterocycles. The Morgan fingerprint density at radius 3 is 2.45 bits per heavy atom. The van der Waals surface area contributed by atoms with E-state index in [1.807, 2.05) is 4.90 Å². The van der Waals surface area contributed by atoms with Crippen molar-refractivity contribution in [3.8, 4) is 0 Å². The molecule has 0 saturated carbocycles. The van der Waals surface area contributed by atoms with Crippen molar-refractivity contribution < 1.29 is 18.7 Å². The van der Waals surface area contributed by atoms with Crippen molar-refractivity contribution in [3.63, 3.8) is 0 Å². The third kappa shape index (κ3) is 4.90. The van der Waals surface area contributed by atoms with Crippen LogP contribution in [0.2, 0.25) is 0 Å². The molecule has 0 unspecified atom stereocenters. The zero-order valence-electron chi connectivity index (χ0n) is 12.3. The molecule has 20 heavy (non-hydrogen) atoms. The van der Waals surface area contributed by atoms with E-state index in [9.17, 15) is 9.18 Å². The average molecular weight is 283 g/mol. The Kier molecular flexibility index (Phi) is 7.18. The Bertz CT molecular complexity index is 437.